The number of carbonyl (C=O) groups is 2. The van der Waals surface area contributed by atoms with Crippen molar-refractivity contribution in [2.24, 2.45) is 5.92 Å². The molecular formula is C15H15N3O2. The summed E-state index contributed by atoms with van der Waals surface area (Å²) in [6.07, 6.45) is 1.94. The van der Waals surface area contributed by atoms with E-state index >= 15 is 0 Å². The van der Waals surface area contributed by atoms with E-state index in [0.29, 0.717) is 0 Å². The van der Waals surface area contributed by atoms with Crippen molar-refractivity contribution in [2.75, 3.05) is 6.54 Å². The summed E-state index contributed by atoms with van der Waals surface area (Å²) >= 11 is 0. The van der Waals surface area contributed by atoms with Gasteiger partial charge in [0.25, 0.3) is 0 Å². The van der Waals surface area contributed by atoms with Gasteiger partial charge in [-0.15, -0.1) is 0 Å². The zero-order chi connectivity index (χ0) is 14.1. The lowest BCUT2D eigenvalue weighted by Crippen LogP contribution is -2.56. The van der Waals surface area contributed by atoms with Crippen molar-refractivity contribution >= 4 is 11.9 Å². The molecule has 1 unspecified atom stereocenters. The molecule has 20 heavy (non-hydrogen) atoms. The quantitative estimate of drug-likeness (QED) is 0.839. The maximum Gasteiger partial charge on any atom is 0.327 e. The Balaban J connectivity index is 1.84. The van der Waals surface area contributed by atoms with Gasteiger partial charge in [-0.3, -0.25) is 9.69 Å². The van der Waals surface area contributed by atoms with Gasteiger partial charge >= 0.3 is 6.03 Å². The Morgan fingerprint density at radius 3 is 2.50 bits per heavy atom. The fraction of sp³-hybridized carbons (Fsp3) is 0.400. The van der Waals surface area contributed by atoms with Crippen molar-refractivity contribution < 1.29 is 9.59 Å². The predicted octanol–water partition coefficient (Wildman–Crippen LogP) is 1.75. The number of imide groups is 1. The van der Waals surface area contributed by atoms with Crippen molar-refractivity contribution in [1.82, 2.24) is 9.80 Å². The highest BCUT2D eigenvalue weighted by Gasteiger charge is 2.44. The summed E-state index contributed by atoms with van der Waals surface area (Å²) in [5.74, 6) is -1.12. The van der Waals surface area contributed by atoms with Crippen LogP contribution in [0.5, 0.6) is 0 Å². The van der Waals surface area contributed by atoms with Gasteiger partial charge in [0.15, 0.2) is 0 Å². The number of nitrogens with zero attached hydrogens (tertiary/aromatic N) is 3. The lowest BCUT2D eigenvalue weighted by atomic mass is 10.1. The van der Waals surface area contributed by atoms with E-state index in [4.69, 9.17) is 5.26 Å². The zero-order valence-electron chi connectivity index (χ0n) is 11.0. The number of hydrogen-bond acceptors (Lipinski definition) is 3. The fourth-order valence-corrected chi connectivity index (χ4v) is 2.49. The Morgan fingerprint density at radius 1 is 1.20 bits per heavy atom. The minimum absolute atomic E-state index is 0.213. The zero-order valence-corrected chi connectivity index (χ0v) is 11.0. The molecule has 2 aliphatic rings. The molecule has 1 aromatic rings. The molecule has 1 aliphatic heterocycles. The predicted molar refractivity (Wildman–Crippen MR) is 71.2 cm³/mol. The van der Waals surface area contributed by atoms with Crippen LogP contribution in [0.3, 0.4) is 0 Å². The van der Waals surface area contributed by atoms with Gasteiger partial charge < -0.3 is 4.90 Å². The van der Waals surface area contributed by atoms with Gasteiger partial charge in [0.05, 0.1) is 12.6 Å². The SMILES string of the molecule is N#CC1CN(C2CC2)C(=O)N(Cc2ccccc2)C1=O. The third-order valence-corrected chi connectivity index (χ3v) is 3.75. The molecule has 1 saturated carbocycles. The molecule has 3 amide bonds. The highest BCUT2D eigenvalue weighted by Crippen LogP contribution is 2.31. The summed E-state index contributed by atoms with van der Waals surface area (Å²) in [5, 5.41) is 9.12. The number of amides is 3. The highest BCUT2D eigenvalue weighted by atomic mass is 16.2. The molecule has 0 bridgehead atoms. The summed E-state index contributed by atoms with van der Waals surface area (Å²) < 4.78 is 0. The van der Waals surface area contributed by atoms with Crippen molar-refractivity contribution in [3.05, 3.63) is 35.9 Å². The Morgan fingerprint density at radius 2 is 1.90 bits per heavy atom. The maximum atomic E-state index is 12.4. The minimum atomic E-state index is -0.739. The smallest absolute Gasteiger partial charge is 0.319 e. The highest BCUT2D eigenvalue weighted by molar-refractivity contribution is 5.99. The number of rotatable bonds is 3. The third-order valence-electron chi connectivity index (χ3n) is 3.75. The van der Waals surface area contributed by atoms with E-state index in [-0.39, 0.29) is 31.1 Å². The van der Waals surface area contributed by atoms with E-state index in [9.17, 15) is 9.59 Å². The van der Waals surface area contributed by atoms with E-state index in [1.54, 1.807) is 4.90 Å². The van der Waals surface area contributed by atoms with Crippen LogP contribution < -0.4 is 0 Å². The van der Waals surface area contributed by atoms with Gasteiger partial charge in [0.1, 0.15) is 5.92 Å². The molecule has 0 aromatic heterocycles. The number of benzene rings is 1. The van der Waals surface area contributed by atoms with Crippen LogP contribution in [0, 0.1) is 17.2 Å². The molecule has 0 N–H and O–H groups in total. The van der Waals surface area contributed by atoms with Gasteiger partial charge in [0.2, 0.25) is 5.91 Å². The fourth-order valence-electron chi connectivity index (χ4n) is 2.49. The van der Waals surface area contributed by atoms with E-state index in [0.717, 1.165) is 18.4 Å². The topological polar surface area (TPSA) is 64.4 Å². The van der Waals surface area contributed by atoms with Gasteiger partial charge in [-0.05, 0) is 18.4 Å². The molecule has 5 nitrogen and oxygen atoms in total. The number of hydrogen-bond donors (Lipinski definition) is 0. The molecule has 1 aliphatic carbocycles. The first-order valence-electron chi connectivity index (χ1n) is 6.76. The normalized spacial score (nSPS) is 22.9. The molecule has 1 atom stereocenters. The molecule has 0 radical (unpaired) electrons. The van der Waals surface area contributed by atoms with E-state index in [1.165, 1.54) is 4.90 Å². The third kappa shape index (κ3) is 2.25. The molecule has 5 heteroatoms. The summed E-state index contributed by atoms with van der Waals surface area (Å²) in [7, 11) is 0. The van der Waals surface area contributed by atoms with Crippen molar-refractivity contribution in [3.63, 3.8) is 0 Å². The van der Waals surface area contributed by atoms with Gasteiger partial charge in [-0.1, -0.05) is 30.3 Å². The summed E-state index contributed by atoms with van der Waals surface area (Å²) in [5.41, 5.74) is 0.892. The maximum absolute atomic E-state index is 12.4. The lowest BCUT2D eigenvalue weighted by molar-refractivity contribution is -0.134. The van der Waals surface area contributed by atoms with Gasteiger partial charge in [-0.2, -0.15) is 5.26 Å². The van der Waals surface area contributed by atoms with Crippen LogP contribution in [0.1, 0.15) is 18.4 Å². The molecule has 1 saturated heterocycles. The molecule has 102 valence electrons. The van der Waals surface area contributed by atoms with Crippen LogP contribution in [-0.2, 0) is 11.3 Å². The van der Waals surface area contributed by atoms with Crippen LogP contribution in [0.4, 0.5) is 4.79 Å². The van der Waals surface area contributed by atoms with Crippen LogP contribution in [0.15, 0.2) is 30.3 Å². The average Bonchev–Trinajstić information content (AvgIpc) is 3.29. The van der Waals surface area contributed by atoms with Crippen molar-refractivity contribution in [2.45, 2.75) is 25.4 Å². The second-order valence-electron chi connectivity index (χ2n) is 5.26. The molecule has 2 fully saturated rings. The molecule has 3 rings (SSSR count). The molecule has 1 aromatic carbocycles. The van der Waals surface area contributed by atoms with Crippen LogP contribution in [0.2, 0.25) is 0 Å². The second-order valence-corrected chi connectivity index (χ2v) is 5.26. The first-order valence-corrected chi connectivity index (χ1v) is 6.76. The van der Waals surface area contributed by atoms with Crippen LogP contribution >= 0.6 is 0 Å². The van der Waals surface area contributed by atoms with E-state index in [1.807, 2.05) is 36.4 Å². The Hall–Kier alpha value is -2.35. The number of carbonyl (C=O) groups excluding carboxylic acids is 2. The van der Waals surface area contributed by atoms with Crippen molar-refractivity contribution in [1.29, 1.82) is 5.26 Å². The second kappa shape index (κ2) is 4.97. The first kappa shape index (κ1) is 12.7. The Labute approximate surface area is 117 Å². The summed E-state index contributed by atoms with van der Waals surface area (Å²) in [4.78, 5) is 27.5. The average molecular weight is 269 g/mol. The van der Waals surface area contributed by atoms with Crippen LogP contribution in [0.25, 0.3) is 0 Å². The summed E-state index contributed by atoms with van der Waals surface area (Å²) in [6.45, 7) is 0.476. The van der Waals surface area contributed by atoms with Gasteiger partial charge in [-0.25, -0.2) is 4.79 Å². The first-order chi connectivity index (χ1) is 9.70. The Bertz CT molecular complexity index is 575. The number of urea groups is 1. The largest absolute Gasteiger partial charge is 0.327 e. The Kier molecular flexibility index (Phi) is 3.15. The van der Waals surface area contributed by atoms with Crippen molar-refractivity contribution in [3.8, 4) is 6.07 Å². The van der Waals surface area contributed by atoms with Crippen LogP contribution in [-0.4, -0.2) is 34.3 Å². The van der Waals surface area contributed by atoms with E-state index < -0.39 is 5.92 Å². The number of nitriles is 1. The summed E-state index contributed by atoms with van der Waals surface area (Å²) in [6, 6.07) is 11.3. The minimum Gasteiger partial charge on any atom is -0.319 e. The van der Waals surface area contributed by atoms with Gasteiger partial charge in [0, 0.05) is 12.6 Å². The standard InChI is InChI=1S/C15H15N3O2/c16-8-12-10-17(13-6-7-13)15(20)18(14(12)19)9-11-4-2-1-3-5-11/h1-5,12-13H,6-7,9-10H2. The molecular weight excluding hydrogens is 254 g/mol. The molecule has 1 heterocycles. The monoisotopic (exact) mass is 269 g/mol. The molecule has 0 spiro atoms. The lowest BCUT2D eigenvalue weighted by Gasteiger charge is -2.36. The van der Waals surface area contributed by atoms with E-state index in [2.05, 4.69) is 0 Å².